The number of ether oxygens (including phenoxy) is 2. The van der Waals surface area contributed by atoms with Crippen LogP contribution in [0.15, 0.2) is 18.2 Å². The highest BCUT2D eigenvalue weighted by Crippen LogP contribution is 2.22. The summed E-state index contributed by atoms with van der Waals surface area (Å²) < 4.78 is 10.4. The first-order chi connectivity index (χ1) is 13.4. The molecule has 0 radical (unpaired) electrons. The number of nitrogens with one attached hydrogen (secondary N) is 3. The van der Waals surface area contributed by atoms with E-state index in [1.165, 1.54) is 27.1 Å². The SMILES string of the molecule is COc1cc(OC)cc(C(=O)NC(C(=O)NCCC2CCCNC2)C(C)C)c1.Cl. The summed E-state index contributed by atoms with van der Waals surface area (Å²) in [5, 5.41) is 9.22. The molecule has 2 unspecified atom stereocenters. The summed E-state index contributed by atoms with van der Waals surface area (Å²) >= 11 is 0. The molecule has 0 aliphatic carbocycles. The van der Waals surface area contributed by atoms with Gasteiger partial charge in [0, 0.05) is 18.2 Å². The number of halogens is 1. The molecule has 1 heterocycles. The molecule has 3 N–H and O–H groups in total. The van der Waals surface area contributed by atoms with Gasteiger partial charge in [-0.05, 0) is 56.3 Å². The molecule has 7 nitrogen and oxygen atoms in total. The number of methoxy groups -OCH3 is 2. The predicted octanol–water partition coefficient (Wildman–Crippen LogP) is 2.39. The molecule has 1 aromatic carbocycles. The largest absolute Gasteiger partial charge is 0.497 e. The van der Waals surface area contributed by atoms with Crippen molar-refractivity contribution in [3.8, 4) is 11.5 Å². The molecular formula is C21H34ClN3O4. The number of carbonyl (C=O) groups excluding carboxylic acids is 2. The number of amides is 2. The van der Waals surface area contributed by atoms with Crippen molar-refractivity contribution < 1.29 is 19.1 Å². The van der Waals surface area contributed by atoms with Crippen LogP contribution in [-0.2, 0) is 4.79 Å². The van der Waals surface area contributed by atoms with Crippen LogP contribution in [-0.4, -0.2) is 51.7 Å². The van der Waals surface area contributed by atoms with E-state index in [-0.39, 0.29) is 30.1 Å². The van der Waals surface area contributed by atoms with Gasteiger partial charge in [-0.1, -0.05) is 13.8 Å². The molecule has 2 amide bonds. The third-order valence-electron chi connectivity index (χ3n) is 5.10. The lowest BCUT2D eigenvalue weighted by Gasteiger charge is -2.24. The van der Waals surface area contributed by atoms with Gasteiger partial charge in [-0.3, -0.25) is 9.59 Å². The zero-order valence-electron chi connectivity index (χ0n) is 17.7. The molecule has 0 spiro atoms. The van der Waals surface area contributed by atoms with E-state index in [1.54, 1.807) is 18.2 Å². The minimum absolute atomic E-state index is 0. The van der Waals surface area contributed by atoms with Gasteiger partial charge in [-0.15, -0.1) is 12.4 Å². The van der Waals surface area contributed by atoms with E-state index in [0.717, 1.165) is 19.5 Å². The Morgan fingerprint density at radius 1 is 1.17 bits per heavy atom. The van der Waals surface area contributed by atoms with Crippen LogP contribution in [0.3, 0.4) is 0 Å². The van der Waals surface area contributed by atoms with Gasteiger partial charge in [-0.2, -0.15) is 0 Å². The first kappa shape index (κ1) is 25.0. The topological polar surface area (TPSA) is 88.7 Å². The highest BCUT2D eigenvalue weighted by molar-refractivity contribution is 5.98. The van der Waals surface area contributed by atoms with Gasteiger partial charge in [0.25, 0.3) is 5.91 Å². The van der Waals surface area contributed by atoms with Crippen molar-refractivity contribution in [2.45, 2.75) is 39.2 Å². The van der Waals surface area contributed by atoms with Crippen molar-refractivity contribution in [1.29, 1.82) is 0 Å². The maximum Gasteiger partial charge on any atom is 0.252 e. The molecule has 0 aromatic heterocycles. The van der Waals surface area contributed by atoms with Gasteiger partial charge in [0.15, 0.2) is 0 Å². The summed E-state index contributed by atoms with van der Waals surface area (Å²) in [6, 6.07) is 4.35. The van der Waals surface area contributed by atoms with E-state index in [4.69, 9.17) is 9.47 Å². The van der Waals surface area contributed by atoms with Crippen LogP contribution in [0.2, 0.25) is 0 Å². The Morgan fingerprint density at radius 2 is 1.83 bits per heavy atom. The number of hydrogen-bond acceptors (Lipinski definition) is 5. The van der Waals surface area contributed by atoms with Gasteiger partial charge in [0.2, 0.25) is 5.91 Å². The van der Waals surface area contributed by atoms with Crippen molar-refractivity contribution >= 4 is 24.2 Å². The molecule has 8 heteroatoms. The molecule has 1 fully saturated rings. The van der Waals surface area contributed by atoms with Crippen LogP contribution in [0.25, 0.3) is 0 Å². The summed E-state index contributed by atoms with van der Waals surface area (Å²) in [5.41, 5.74) is 0.392. The minimum atomic E-state index is -0.603. The first-order valence-electron chi connectivity index (χ1n) is 9.97. The Labute approximate surface area is 179 Å². The van der Waals surface area contributed by atoms with E-state index in [9.17, 15) is 9.59 Å². The molecule has 1 aliphatic heterocycles. The second-order valence-corrected chi connectivity index (χ2v) is 7.59. The van der Waals surface area contributed by atoms with Crippen LogP contribution in [0.1, 0.15) is 43.5 Å². The fourth-order valence-corrected chi connectivity index (χ4v) is 3.38. The maximum atomic E-state index is 12.7. The summed E-state index contributed by atoms with van der Waals surface area (Å²) in [6.45, 7) is 6.55. The molecule has 0 saturated carbocycles. The minimum Gasteiger partial charge on any atom is -0.497 e. The monoisotopic (exact) mass is 427 g/mol. The summed E-state index contributed by atoms with van der Waals surface area (Å²) in [5.74, 6) is 1.13. The third-order valence-corrected chi connectivity index (χ3v) is 5.10. The highest BCUT2D eigenvalue weighted by atomic mass is 35.5. The van der Waals surface area contributed by atoms with Crippen LogP contribution in [0.4, 0.5) is 0 Å². The molecule has 164 valence electrons. The Balaban J connectivity index is 0.00000420. The normalized spacial score (nSPS) is 17.1. The summed E-state index contributed by atoms with van der Waals surface area (Å²) in [4.78, 5) is 25.4. The molecule has 2 atom stereocenters. The van der Waals surface area contributed by atoms with Crippen LogP contribution in [0.5, 0.6) is 11.5 Å². The zero-order chi connectivity index (χ0) is 20.5. The lowest BCUT2D eigenvalue weighted by molar-refractivity contribution is -0.124. The average molecular weight is 428 g/mol. The zero-order valence-corrected chi connectivity index (χ0v) is 18.6. The number of rotatable bonds is 9. The molecule has 1 saturated heterocycles. The lowest BCUT2D eigenvalue weighted by atomic mass is 9.96. The Kier molecular flexibility index (Phi) is 10.8. The lowest BCUT2D eigenvalue weighted by Crippen LogP contribution is -2.50. The summed E-state index contributed by atoms with van der Waals surface area (Å²) in [7, 11) is 3.06. The number of benzene rings is 1. The van der Waals surface area contributed by atoms with Gasteiger partial charge in [0.05, 0.1) is 14.2 Å². The number of carbonyl (C=O) groups is 2. The van der Waals surface area contributed by atoms with Gasteiger partial charge >= 0.3 is 0 Å². The van der Waals surface area contributed by atoms with Crippen molar-refractivity contribution in [3.63, 3.8) is 0 Å². The molecule has 29 heavy (non-hydrogen) atoms. The Morgan fingerprint density at radius 3 is 2.34 bits per heavy atom. The quantitative estimate of drug-likeness (QED) is 0.563. The summed E-state index contributed by atoms with van der Waals surface area (Å²) in [6.07, 6.45) is 3.34. The molecular weight excluding hydrogens is 394 g/mol. The highest BCUT2D eigenvalue weighted by Gasteiger charge is 2.25. The Hall–Kier alpha value is -1.99. The molecule has 1 aromatic rings. The van der Waals surface area contributed by atoms with Crippen molar-refractivity contribution in [2.24, 2.45) is 11.8 Å². The van der Waals surface area contributed by atoms with E-state index in [1.807, 2.05) is 13.8 Å². The molecule has 1 aliphatic rings. The average Bonchev–Trinajstić information content (AvgIpc) is 2.71. The van der Waals surface area contributed by atoms with E-state index in [2.05, 4.69) is 16.0 Å². The standard InChI is InChI=1S/C21H33N3O4.ClH/c1-14(2)19(21(26)23-9-7-15-6-5-8-22-13-15)24-20(25)16-10-17(27-3)12-18(11-16)28-4;/h10-12,14-15,19,22H,5-9,13H2,1-4H3,(H,23,26)(H,24,25);1H. The van der Waals surface area contributed by atoms with Gasteiger partial charge < -0.3 is 25.4 Å². The van der Waals surface area contributed by atoms with E-state index in [0.29, 0.717) is 29.5 Å². The second kappa shape index (κ2) is 12.5. The third kappa shape index (κ3) is 7.74. The van der Waals surface area contributed by atoms with Crippen LogP contribution in [0, 0.1) is 11.8 Å². The van der Waals surface area contributed by atoms with Crippen molar-refractivity contribution in [2.75, 3.05) is 33.9 Å². The van der Waals surface area contributed by atoms with E-state index < -0.39 is 6.04 Å². The number of hydrogen-bond donors (Lipinski definition) is 3. The Bertz CT molecular complexity index is 641. The fourth-order valence-electron chi connectivity index (χ4n) is 3.38. The van der Waals surface area contributed by atoms with Crippen LogP contribution < -0.4 is 25.4 Å². The van der Waals surface area contributed by atoms with Gasteiger partial charge in [0.1, 0.15) is 17.5 Å². The van der Waals surface area contributed by atoms with Crippen molar-refractivity contribution in [1.82, 2.24) is 16.0 Å². The van der Waals surface area contributed by atoms with Gasteiger partial charge in [-0.25, -0.2) is 0 Å². The van der Waals surface area contributed by atoms with E-state index >= 15 is 0 Å². The van der Waals surface area contributed by atoms with Crippen LogP contribution >= 0.6 is 12.4 Å². The molecule has 0 bridgehead atoms. The first-order valence-corrected chi connectivity index (χ1v) is 9.97. The maximum absolute atomic E-state index is 12.7. The van der Waals surface area contributed by atoms with Crippen molar-refractivity contribution in [3.05, 3.63) is 23.8 Å². The second-order valence-electron chi connectivity index (χ2n) is 7.59. The molecule has 2 rings (SSSR count). The number of piperidine rings is 1. The smallest absolute Gasteiger partial charge is 0.252 e. The fraction of sp³-hybridized carbons (Fsp3) is 0.619. The predicted molar refractivity (Wildman–Crippen MR) is 116 cm³/mol.